The standard InChI is InChI=1S/C10H22N2O/c1-8-3-5-9(6-4-8)10(12-11)7-13-2/h8-10,12H,3-7,11H2,1-2H3. The fraction of sp³-hybridized carbons (Fsp3) is 1.00. The van der Waals surface area contributed by atoms with Crippen LogP contribution in [0.25, 0.3) is 0 Å². The van der Waals surface area contributed by atoms with Crippen molar-refractivity contribution in [1.82, 2.24) is 5.43 Å². The van der Waals surface area contributed by atoms with Crippen molar-refractivity contribution in [3.63, 3.8) is 0 Å². The van der Waals surface area contributed by atoms with Gasteiger partial charge in [-0.25, -0.2) is 0 Å². The highest BCUT2D eigenvalue weighted by Crippen LogP contribution is 2.30. The Morgan fingerprint density at radius 3 is 2.46 bits per heavy atom. The van der Waals surface area contributed by atoms with Gasteiger partial charge in [0.05, 0.1) is 6.61 Å². The van der Waals surface area contributed by atoms with E-state index in [1.807, 2.05) is 0 Å². The van der Waals surface area contributed by atoms with E-state index in [-0.39, 0.29) is 0 Å². The summed E-state index contributed by atoms with van der Waals surface area (Å²) in [5.41, 5.74) is 2.86. The van der Waals surface area contributed by atoms with E-state index in [9.17, 15) is 0 Å². The van der Waals surface area contributed by atoms with Crippen molar-refractivity contribution < 1.29 is 4.74 Å². The Morgan fingerprint density at radius 1 is 1.38 bits per heavy atom. The number of hydrazine groups is 1. The summed E-state index contributed by atoms with van der Waals surface area (Å²) < 4.78 is 5.13. The van der Waals surface area contributed by atoms with Crippen molar-refractivity contribution in [2.24, 2.45) is 17.7 Å². The number of hydrogen-bond acceptors (Lipinski definition) is 3. The lowest BCUT2D eigenvalue weighted by Gasteiger charge is -2.31. The van der Waals surface area contributed by atoms with Crippen molar-refractivity contribution >= 4 is 0 Å². The van der Waals surface area contributed by atoms with Gasteiger partial charge in [-0.1, -0.05) is 19.8 Å². The summed E-state index contributed by atoms with van der Waals surface area (Å²) in [5, 5.41) is 0. The highest BCUT2D eigenvalue weighted by atomic mass is 16.5. The van der Waals surface area contributed by atoms with Crippen molar-refractivity contribution in [3.05, 3.63) is 0 Å². The Balaban J connectivity index is 2.32. The van der Waals surface area contributed by atoms with Crippen LogP contribution in [0, 0.1) is 11.8 Å². The molecule has 78 valence electrons. The summed E-state index contributed by atoms with van der Waals surface area (Å²) in [6.07, 6.45) is 5.26. The van der Waals surface area contributed by atoms with E-state index in [0.29, 0.717) is 12.0 Å². The maximum absolute atomic E-state index is 5.49. The van der Waals surface area contributed by atoms with Crippen LogP contribution in [0.2, 0.25) is 0 Å². The van der Waals surface area contributed by atoms with E-state index >= 15 is 0 Å². The molecule has 0 spiro atoms. The number of nitrogens with two attached hydrogens (primary N) is 1. The molecule has 0 bridgehead atoms. The van der Waals surface area contributed by atoms with Gasteiger partial charge in [-0.05, 0) is 24.7 Å². The quantitative estimate of drug-likeness (QED) is 0.514. The predicted molar refractivity (Wildman–Crippen MR) is 54.1 cm³/mol. The van der Waals surface area contributed by atoms with Crippen molar-refractivity contribution in [2.75, 3.05) is 13.7 Å². The lowest BCUT2D eigenvalue weighted by Crippen LogP contribution is -2.45. The van der Waals surface area contributed by atoms with E-state index in [2.05, 4.69) is 12.3 Å². The summed E-state index contributed by atoms with van der Waals surface area (Å²) >= 11 is 0. The monoisotopic (exact) mass is 186 g/mol. The molecule has 1 aliphatic rings. The minimum absolute atomic E-state index is 0.345. The minimum Gasteiger partial charge on any atom is -0.383 e. The van der Waals surface area contributed by atoms with E-state index in [1.165, 1.54) is 25.7 Å². The largest absolute Gasteiger partial charge is 0.383 e. The van der Waals surface area contributed by atoms with Crippen LogP contribution in [-0.4, -0.2) is 19.8 Å². The van der Waals surface area contributed by atoms with E-state index in [1.54, 1.807) is 7.11 Å². The van der Waals surface area contributed by atoms with Gasteiger partial charge < -0.3 is 4.74 Å². The first-order valence-electron chi connectivity index (χ1n) is 5.23. The fourth-order valence-electron chi connectivity index (χ4n) is 2.19. The van der Waals surface area contributed by atoms with Crippen LogP contribution in [-0.2, 0) is 4.74 Å². The Hall–Kier alpha value is -0.120. The lowest BCUT2D eigenvalue weighted by molar-refractivity contribution is 0.118. The number of rotatable bonds is 4. The van der Waals surface area contributed by atoms with Crippen LogP contribution in [0.15, 0.2) is 0 Å². The molecule has 0 aromatic heterocycles. The van der Waals surface area contributed by atoms with Gasteiger partial charge in [-0.3, -0.25) is 11.3 Å². The molecule has 0 heterocycles. The molecule has 0 aromatic rings. The van der Waals surface area contributed by atoms with Gasteiger partial charge in [0.25, 0.3) is 0 Å². The highest BCUT2D eigenvalue weighted by Gasteiger charge is 2.24. The zero-order chi connectivity index (χ0) is 9.68. The summed E-state index contributed by atoms with van der Waals surface area (Å²) in [6.45, 7) is 3.06. The average Bonchev–Trinajstić information content (AvgIpc) is 2.16. The number of nitrogens with one attached hydrogen (secondary N) is 1. The Bertz CT molecular complexity index is 133. The third-order valence-electron chi connectivity index (χ3n) is 3.19. The lowest BCUT2D eigenvalue weighted by atomic mass is 9.79. The third kappa shape index (κ3) is 3.25. The normalized spacial score (nSPS) is 31.6. The van der Waals surface area contributed by atoms with Crippen LogP contribution in [0.5, 0.6) is 0 Å². The van der Waals surface area contributed by atoms with Crippen LogP contribution >= 0.6 is 0 Å². The Kier molecular flexibility index (Phi) is 4.70. The second-order valence-electron chi connectivity index (χ2n) is 4.25. The van der Waals surface area contributed by atoms with Gasteiger partial charge in [0.15, 0.2) is 0 Å². The molecule has 1 fully saturated rings. The molecule has 0 amide bonds. The molecule has 1 atom stereocenters. The fourth-order valence-corrected chi connectivity index (χ4v) is 2.19. The molecule has 3 heteroatoms. The zero-order valence-electron chi connectivity index (χ0n) is 8.75. The van der Waals surface area contributed by atoms with Gasteiger partial charge >= 0.3 is 0 Å². The second kappa shape index (κ2) is 5.58. The molecule has 1 aliphatic carbocycles. The van der Waals surface area contributed by atoms with Gasteiger partial charge in [0, 0.05) is 13.2 Å². The molecule has 3 nitrogen and oxygen atoms in total. The maximum atomic E-state index is 5.49. The predicted octanol–water partition coefficient (Wildman–Crippen LogP) is 1.29. The SMILES string of the molecule is COCC(NN)C1CCC(C)CC1. The number of hydrogen-bond donors (Lipinski definition) is 2. The second-order valence-corrected chi connectivity index (χ2v) is 4.25. The van der Waals surface area contributed by atoms with E-state index in [0.717, 1.165) is 12.5 Å². The van der Waals surface area contributed by atoms with Crippen LogP contribution in [0.1, 0.15) is 32.6 Å². The first-order valence-corrected chi connectivity index (χ1v) is 5.23. The maximum Gasteiger partial charge on any atom is 0.0632 e. The average molecular weight is 186 g/mol. The first kappa shape index (κ1) is 11.0. The molecule has 0 aliphatic heterocycles. The Morgan fingerprint density at radius 2 is 2.00 bits per heavy atom. The van der Waals surface area contributed by atoms with Gasteiger partial charge in [0.2, 0.25) is 0 Å². The summed E-state index contributed by atoms with van der Waals surface area (Å²) in [6, 6.07) is 0.345. The Labute approximate surface area is 81.0 Å². The van der Waals surface area contributed by atoms with Crippen molar-refractivity contribution in [1.29, 1.82) is 0 Å². The van der Waals surface area contributed by atoms with Crippen molar-refractivity contribution in [2.45, 2.75) is 38.6 Å². The van der Waals surface area contributed by atoms with Crippen LogP contribution in [0.4, 0.5) is 0 Å². The summed E-state index contributed by atoms with van der Waals surface area (Å²) in [4.78, 5) is 0. The molecule has 13 heavy (non-hydrogen) atoms. The molecule has 1 saturated carbocycles. The molecule has 3 N–H and O–H groups in total. The third-order valence-corrected chi connectivity index (χ3v) is 3.19. The molecule has 1 unspecified atom stereocenters. The molecular formula is C10H22N2O. The zero-order valence-corrected chi connectivity index (χ0v) is 8.75. The smallest absolute Gasteiger partial charge is 0.0632 e. The van der Waals surface area contributed by atoms with Crippen LogP contribution < -0.4 is 11.3 Å². The summed E-state index contributed by atoms with van der Waals surface area (Å²) in [5.74, 6) is 7.10. The highest BCUT2D eigenvalue weighted by molar-refractivity contribution is 4.79. The molecule has 0 radical (unpaired) electrons. The van der Waals surface area contributed by atoms with Gasteiger partial charge in [-0.2, -0.15) is 0 Å². The first-order chi connectivity index (χ1) is 6.27. The number of methoxy groups -OCH3 is 1. The topological polar surface area (TPSA) is 47.3 Å². The summed E-state index contributed by atoms with van der Waals surface area (Å²) in [7, 11) is 1.73. The molecular weight excluding hydrogens is 164 g/mol. The van der Waals surface area contributed by atoms with E-state index < -0.39 is 0 Å². The molecule has 1 rings (SSSR count). The van der Waals surface area contributed by atoms with Gasteiger partial charge in [0.1, 0.15) is 0 Å². The number of ether oxygens (including phenoxy) is 1. The van der Waals surface area contributed by atoms with Gasteiger partial charge in [-0.15, -0.1) is 0 Å². The minimum atomic E-state index is 0.345. The van der Waals surface area contributed by atoms with Crippen LogP contribution in [0.3, 0.4) is 0 Å². The van der Waals surface area contributed by atoms with Crippen molar-refractivity contribution in [3.8, 4) is 0 Å². The van der Waals surface area contributed by atoms with E-state index in [4.69, 9.17) is 10.6 Å². The molecule has 0 saturated heterocycles. The molecule has 0 aromatic carbocycles.